The van der Waals surface area contributed by atoms with Crippen LogP contribution in [0.4, 0.5) is 4.79 Å². The largest absolute Gasteiger partial charge is 0.480 e. The van der Waals surface area contributed by atoms with E-state index in [1.165, 1.54) is 0 Å². The zero-order valence-electron chi connectivity index (χ0n) is 13.8. The molecule has 0 aliphatic carbocycles. The van der Waals surface area contributed by atoms with Crippen LogP contribution >= 0.6 is 0 Å². The lowest BCUT2D eigenvalue weighted by atomic mass is 10.0. The Bertz CT molecular complexity index is 728. The average Bonchev–Trinajstić information content (AvgIpc) is 2.72. The summed E-state index contributed by atoms with van der Waals surface area (Å²) in [5.74, 6) is -1.10. The quantitative estimate of drug-likeness (QED) is 0.808. The van der Waals surface area contributed by atoms with Crippen molar-refractivity contribution in [3.8, 4) is 0 Å². The van der Waals surface area contributed by atoms with Crippen molar-refractivity contribution in [3.05, 3.63) is 35.5 Å². The fourth-order valence-electron chi connectivity index (χ4n) is 2.45. The summed E-state index contributed by atoms with van der Waals surface area (Å²) in [4.78, 5) is 26.6. The van der Waals surface area contributed by atoms with Crippen LogP contribution in [0.2, 0.25) is 0 Å². The van der Waals surface area contributed by atoms with E-state index in [9.17, 15) is 14.7 Å². The third kappa shape index (κ3) is 4.25. The number of alkyl carbamates (subject to hydrolysis) is 1. The molecule has 124 valence electrons. The number of para-hydroxylation sites is 1. The molecule has 1 aromatic heterocycles. The highest BCUT2D eigenvalue weighted by atomic mass is 16.6. The summed E-state index contributed by atoms with van der Waals surface area (Å²) in [5, 5.41) is 12.8. The molecule has 0 aliphatic rings. The van der Waals surface area contributed by atoms with E-state index in [1.54, 1.807) is 20.8 Å². The Morgan fingerprint density at radius 1 is 1.30 bits per heavy atom. The maximum absolute atomic E-state index is 11.8. The molecule has 2 rings (SSSR count). The third-order valence-corrected chi connectivity index (χ3v) is 3.42. The number of carboxylic acid groups (broad SMARTS) is 1. The van der Waals surface area contributed by atoms with E-state index < -0.39 is 23.7 Å². The van der Waals surface area contributed by atoms with Crippen molar-refractivity contribution in [1.82, 2.24) is 10.3 Å². The maximum Gasteiger partial charge on any atom is 0.408 e. The number of aliphatic carboxylic acids is 1. The molecule has 6 heteroatoms. The number of fused-ring (bicyclic) bond motifs is 1. The lowest BCUT2D eigenvalue weighted by Gasteiger charge is -2.22. The molecule has 1 atom stereocenters. The van der Waals surface area contributed by atoms with Gasteiger partial charge in [0.25, 0.3) is 0 Å². The van der Waals surface area contributed by atoms with E-state index in [4.69, 9.17) is 4.74 Å². The van der Waals surface area contributed by atoms with Crippen molar-refractivity contribution in [2.45, 2.75) is 45.8 Å². The van der Waals surface area contributed by atoms with E-state index in [0.29, 0.717) is 0 Å². The zero-order chi connectivity index (χ0) is 17.2. The second-order valence-electron chi connectivity index (χ2n) is 6.52. The Morgan fingerprint density at radius 2 is 1.96 bits per heavy atom. The van der Waals surface area contributed by atoms with E-state index >= 15 is 0 Å². The second kappa shape index (κ2) is 6.32. The maximum atomic E-state index is 11.8. The SMILES string of the molecule is Cc1[nH]c2ccccc2c1C[C@@H](NC(=O)OC(C)(C)C)C(=O)O. The number of hydrogen-bond acceptors (Lipinski definition) is 3. The molecule has 2 aromatic rings. The first-order valence-corrected chi connectivity index (χ1v) is 7.46. The molecule has 0 unspecified atom stereocenters. The minimum Gasteiger partial charge on any atom is -0.480 e. The molecule has 6 nitrogen and oxygen atoms in total. The zero-order valence-corrected chi connectivity index (χ0v) is 13.8. The lowest BCUT2D eigenvalue weighted by Crippen LogP contribution is -2.44. The molecule has 1 heterocycles. The molecule has 0 aliphatic heterocycles. The van der Waals surface area contributed by atoms with Gasteiger partial charge in [-0.05, 0) is 39.3 Å². The van der Waals surface area contributed by atoms with E-state index in [1.807, 2.05) is 31.2 Å². The molecule has 0 saturated heterocycles. The van der Waals surface area contributed by atoms with Gasteiger partial charge in [0, 0.05) is 23.0 Å². The number of benzene rings is 1. The Morgan fingerprint density at radius 3 is 2.57 bits per heavy atom. The molecule has 0 fully saturated rings. The first-order valence-electron chi connectivity index (χ1n) is 7.46. The number of carboxylic acids is 1. The van der Waals surface area contributed by atoms with Gasteiger partial charge < -0.3 is 20.1 Å². The highest BCUT2D eigenvalue weighted by Gasteiger charge is 2.25. The Balaban J connectivity index is 2.20. The van der Waals surface area contributed by atoms with Crippen LogP contribution in [0.25, 0.3) is 10.9 Å². The first kappa shape index (κ1) is 16.9. The van der Waals surface area contributed by atoms with E-state index in [0.717, 1.165) is 22.2 Å². The summed E-state index contributed by atoms with van der Waals surface area (Å²) in [6.45, 7) is 7.08. The van der Waals surface area contributed by atoms with Crippen LogP contribution in [-0.2, 0) is 16.0 Å². The number of hydrogen-bond donors (Lipinski definition) is 3. The van der Waals surface area contributed by atoms with Crippen molar-refractivity contribution in [2.75, 3.05) is 0 Å². The molecule has 0 radical (unpaired) electrons. The van der Waals surface area contributed by atoms with Crippen LogP contribution in [0.3, 0.4) is 0 Å². The highest BCUT2D eigenvalue weighted by molar-refractivity contribution is 5.86. The van der Waals surface area contributed by atoms with E-state index in [2.05, 4.69) is 10.3 Å². The van der Waals surface area contributed by atoms with Gasteiger partial charge in [-0.1, -0.05) is 18.2 Å². The van der Waals surface area contributed by atoms with Gasteiger partial charge in [-0.25, -0.2) is 9.59 Å². The predicted octanol–water partition coefficient (Wildman–Crippen LogP) is 3.00. The number of H-pyrrole nitrogens is 1. The molecule has 0 saturated carbocycles. The van der Waals surface area contributed by atoms with Crippen molar-refractivity contribution < 1.29 is 19.4 Å². The lowest BCUT2D eigenvalue weighted by molar-refractivity contribution is -0.139. The number of rotatable bonds is 4. The number of ether oxygens (including phenoxy) is 1. The third-order valence-electron chi connectivity index (χ3n) is 3.42. The second-order valence-corrected chi connectivity index (χ2v) is 6.52. The fraction of sp³-hybridized carbons (Fsp3) is 0.412. The fourth-order valence-corrected chi connectivity index (χ4v) is 2.45. The van der Waals surface area contributed by atoms with Gasteiger partial charge in [-0.3, -0.25) is 0 Å². The van der Waals surface area contributed by atoms with Gasteiger partial charge in [0.2, 0.25) is 0 Å². The van der Waals surface area contributed by atoms with E-state index in [-0.39, 0.29) is 6.42 Å². The summed E-state index contributed by atoms with van der Waals surface area (Å²) in [6.07, 6.45) is -0.549. The smallest absolute Gasteiger partial charge is 0.408 e. The van der Waals surface area contributed by atoms with Gasteiger partial charge in [0.15, 0.2) is 0 Å². The molecule has 0 spiro atoms. The molecule has 1 amide bonds. The standard InChI is InChI=1S/C17H22N2O4/c1-10-12(11-7-5-6-8-13(11)18-10)9-14(15(20)21)19-16(22)23-17(2,3)4/h5-8,14,18H,9H2,1-4H3,(H,19,22)(H,20,21)/t14-/m1/s1. The molecule has 3 N–H and O–H groups in total. The monoisotopic (exact) mass is 318 g/mol. The van der Waals surface area contributed by atoms with Gasteiger partial charge in [0.05, 0.1) is 0 Å². The normalized spacial score (nSPS) is 12.9. The minimum atomic E-state index is -1.10. The topological polar surface area (TPSA) is 91.4 Å². The van der Waals surface area contributed by atoms with Crippen molar-refractivity contribution in [3.63, 3.8) is 0 Å². The van der Waals surface area contributed by atoms with Crippen LogP contribution in [0.1, 0.15) is 32.0 Å². The number of nitrogens with one attached hydrogen (secondary N) is 2. The number of aromatic amines is 1. The summed E-state index contributed by atoms with van der Waals surface area (Å²) in [6, 6.07) is 6.62. The Hall–Kier alpha value is -2.50. The number of aromatic nitrogens is 1. The molecule has 1 aromatic carbocycles. The summed E-state index contributed by atoms with van der Waals surface area (Å²) in [7, 11) is 0. The van der Waals surface area contributed by atoms with Crippen molar-refractivity contribution in [2.24, 2.45) is 0 Å². The summed E-state index contributed by atoms with van der Waals surface area (Å²) < 4.78 is 5.13. The van der Waals surface area contributed by atoms with Gasteiger partial charge in [-0.15, -0.1) is 0 Å². The number of carbonyl (C=O) groups excluding carboxylic acids is 1. The molecule has 23 heavy (non-hydrogen) atoms. The molecule has 0 bridgehead atoms. The number of amides is 1. The van der Waals surface area contributed by atoms with Gasteiger partial charge in [-0.2, -0.15) is 0 Å². The average molecular weight is 318 g/mol. The Labute approximate surface area is 134 Å². The van der Waals surface area contributed by atoms with Gasteiger partial charge in [0.1, 0.15) is 11.6 Å². The first-order chi connectivity index (χ1) is 10.7. The predicted molar refractivity (Wildman–Crippen MR) is 87.5 cm³/mol. The summed E-state index contributed by atoms with van der Waals surface area (Å²) in [5.41, 5.74) is 2.04. The van der Waals surface area contributed by atoms with Gasteiger partial charge >= 0.3 is 12.1 Å². The minimum absolute atomic E-state index is 0.185. The van der Waals surface area contributed by atoms with Crippen LogP contribution in [-0.4, -0.2) is 33.8 Å². The highest BCUT2D eigenvalue weighted by Crippen LogP contribution is 2.23. The van der Waals surface area contributed by atoms with Crippen molar-refractivity contribution in [1.29, 1.82) is 0 Å². The van der Waals surface area contributed by atoms with Crippen LogP contribution in [0.15, 0.2) is 24.3 Å². The number of carbonyl (C=O) groups is 2. The summed E-state index contributed by atoms with van der Waals surface area (Å²) >= 11 is 0. The van der Waals surface area contributed by atoms with Crippen LogP contribution < -0.4 is 5.32 Å². The van der Waals surface area contributed by atoms with Crippen LogP contribution in [0, 0.1) is 6.92 Å². The molecular formula is C17H22N2O4. The van der Waals surface area contributed by atoms with Crippen LogP contribution in [0.5, 0.6) is 0 Å². The van der Waals surface area contributed by atoms with Crippen molar-refractivity contribution >= 4 is 23.0 Å². The Kier molecular flexibility index (Phi) is 4.63. The number of aryl methyl sites for hydroxylation is 1. The molecular weight excluding hydrogens is 296 g/mol.